The number of piperidine rings is 1. The highest BCUT2D eigenvalue weighted by Crippen LogP contribution is 2.30. The van der Waals surface area contributed by atoms with E-state index in [9.17, 15) is 14.4 Å². The quantitative estimate of drug-likeness (QED) is 0.720. The Morgan fingerprint density at radius 3 is 2.74 bits per heavy atom. The van der Waals surface area contributed by atoms with E-state index in [-0.39, 0.29) is 30.3 Å². The lowest BCUT2D eigenvalue weighted by molar-refractivity contribution is -0.140. The van der Waals surface area contributed by atoms with Crippen LogP contribution in [0, 0.1) is 0 Å². The Morgan fingerprint density at radius 1 is 1.22 bits per heavy atom. The van der Waals surface area contributed by atoms with Gasteiger partial charge >= 0.3 is 6.03 Å². The average molecular weight is 373 g/mol. The lowest BCUT2D eigenvalue weighted by Gasteiger charge is -2.29. The van der Waals surface area contributed by atoms with Gasteiger partial charge in [0, 0.05) is 13.0 Å². The van der Waals surface area contributed by atoms with Gasteiger partial charge in [0.2, 0.25) is 5.91 Å². The van der Waals surface area contributed by atoms with Gasteiger partial charge in [0.15, 0.2) is 5.78 Å². The highest BCUT2D eigenvalue weighted by Gasteiger charge is 2.47. The van der Waals surface area contributed by atoms with E-state index in [1.807, 2.05) is 37.3 Å². The topological polar surface area (TPSA) is 79.0 Å². The number of nitrogens with zero attached hydrogens (tertiary/aromatic N) is 2. The van der Waals surface area contributed by atoms with Gasteiger partial charge in [-0.2, -0.15) is 5.06 Å². The molecule has 0 unspecified atom stereocenters. The van der Waals surface area contributed by atoms with Crippen molar-refractivity contribution in [3.63, 3.8) is 0 Å². The monoisotopic (exact) mass is 373 g/mol. The second-order valence-electron chi connectivity index (χ2n) is 7.13. The van der Waals surface area contributed by atoms with Crippen LogP contribution in [0.5, 0.6) is 0 Å². The van der Waals surface area contributed by atoms with Gasteiger partial charge < -0.3 is 10.2 Å². The molecule has 7 heteroatoms. The number of urea groups is 1. The lowest BCUT2D eigenvalue weighted by Crippen LogP contribution is -2.50. The Bertz CT molecular complexity index is 679. The third kappa shape index (κ3) is 4.66. The number of Topliss-reactive ketones (excluding diaryl/α,β-unsaturated/α-hetero) is 1. The van der Waals surface area contributed by atoms with E-state index in [0.29, 0.717) is 32.4 Å². The summed E-state index contributed by atoms with van der Waals surface area (Å²) in [4.78, 5) is 44.2. The van der Waals surface area contributed by atoms with Crippen LogP contribution in [0.3, 0.4) is 0 Å². The minimum absolute atomic E-state index is 0.0273. The number of amides is 3. The summed E-state index contributed by atoms with van der Waals surface area (Å²) < 4.78 is 0. The summed E-state index contributed by atoms with van der Waals surface area (Å²) in [5.74, 6) is -0.226. The first-order chi connectivity index (χ1) is 13.1. The van der Waals surface area contributed by atoms with Crippen molar-refractivity contribution in [2.75, 3.05) is 13.1 Å². The van der Waals surface area contributed by atoms with E-state index >= 15 is 0 Å². The molecular formula is C20H27N3O4. The average Bonchev–Trinajstić information content (AvgIpc) is 2.93. The summed E-state index contributed by atoms with van der Waals surface area (Å²) in [5.41, 5.74) is 0.988. The third-order valence-corrected chi connectivity index (χ3v) is 5.11. The van der Waals surface area contributed by atoms with Crippen LogP contribution in [-0.2, 0) is 21.0 Å². The number of benzene rings is 1. The minimum atomic E-state index is -0.530. The molecule has 2 fully saturated rings. The molecule has 27 heavy (non-hydrogen) atoms. The van der Waals surface area contributed by atoms with Gasteiger partial charge in [0.25, 0.3) is 0 Å². The molecule has 3 amide bonds. The molecule has 0 aromatic heterocycles. The summed E-state index contributed by atoms with van der Waals surface area (Å²) in [7, 11) is 0. The number of hydrogen-bond donors (Lipinski definition) is 1. The van der Waals surface area contributed by atoms with Crippen molar-refractivity contribution in [1.82, 2.24) is 15.3 Å². The zero-order valence-electron chi connectivity index (χ0n) is 15.7. The molecule has 1 N–H and O–H groups in total. The van der Waals surface area contributed by atoms with E-state index in [2.05, 4.69) is 5.32 Å². The van der Waals surface area contributed by atoms with E-state index in [4.69, 9.17) is 4.84 Å². The number of nitrogens with one attached hydrogen (secondary N) is 1. The molecule has 2 heterocycles. The van der Waals surface area contributed by atoms with Crippen molar-refractivity contribution in [2.24, 2.45) is 0 Å². The van der Waals surface area contributed by atoms with Crippen LogP contribution in [0.2, 0.25) is 0 Å². The van der Waals surface area contributed by atoms with Crippen LogP contribution in [0.25, 0.3) is 0 Å². The standard InChI is InChI=1S/C20H27N3O4/c1-2-3-9-17(24)12-21-19(25)18-11-10-16-13-22(18)20(26)23(16)27-14-15-7-5-4-6-8-15/h4-8,16,18H,2-3,9-14H2,1H3,(H,21,25)/t16-,18+/m1/s1. The molecule has 1 aromatic rings. The van der Waals surface area contributed by atoms with Crippen LogP contribution >= 0.6 is 0 Å². The molecule has 7 nitrogen and oxygen atoms in total. The van der Waals surface area contributed by atoms with Crippen molar-refractivity contribution < 1.29 is 19.2 Å². The fraction of sp³-hybridized carbons (Fsp3) is 0.550. The summed E-state index contributed by atoms with van der Waals surface area (Å²) >= 11 is 0. The van der Waals surface area contributed by atoms with Crippen LogP contribution in [0.1, 0.15) is 44.6 Å². The first-order valence-electron chi connectivity index (χ1n) is 9.66. The molecule has 1 aromatic carbocycles. The summed E-state index contributed by atoms with van der Waals surface area (Å²) in [6.45, 7) is 2.86. The fourth-order valence-electron chi connectivity index (χ4n) is 3.55. The molecule has 0 spiro atoms. The molecule has 2 bridgehead atoms. The smallest absolute Gasteiger partial charge is 0.345 e. The molecule has 146 valence electrons. The predicted octanol–water partition coefficient (Wildman–Crippen LogP) is 2.26. The van der Waals surface area contributed by atoms with Crippen LogP contribution < -0.4 is 5.32 Å². The number of carbonyl (C=O) groups is 3. The summed E-state index contributed by atoms with van der Waals surface area (Å²) in [6, 6.07) is 8.83. The Kier molecular flexibility index (Phi) is 6.45. The first-order valence-corrected chi connectivity index (χ1v) is 9.66. The van der Waals surface area contributed by atoms with Gasteiger partial charge in [-0.05, 0) is 24.8 Å². The normalized spacial score (nSPS) is 21.4. The number of hydrogen-bond acceptors (Lipinski definition) is 4. The van der Waals surface area contributed by atoms with Gasteiger partial charge in [-0.15, -0.1) is 0 Å². The van der Waals surface area contributed by atoms with Gasteiger partial charge in [-0.1, -0.05) is 43.7 Å². The van der Waals surface area contributed by atoms with Crippen LogP contribution in [0.15, 0.2) is 30.3 Å². The maximum absolute atomic E-state index is 12.7. The first kappa shape index (κ1) is 19.4. The molecule has 2 saturated heterocycles. The van der Waals surface area contributed by atoms with Crippen LogP contribution in [0.4, 0.5) is 4.79 Å². The number of unbranched alkanes of at least 4 members (excludes halogenated alkanes) is 1. The van der Waals surface area contributed by atoms with E-state index in [0.717, 1.165) is 18.4 Å². The largest absolute Gasteiger partial charge is 0.347 e. The second kappa shape index (κ2) is 8.99. The zero-order chi connectivity index (χ0) is 19.2. The molecule has 2 aliphatic heterocycles. The fourth-order valence-corrected chi connectivity index (χ4v) is 3.55. The maximum atomic E-state index is 12.7. The van der Waals surface area contributed by atoms with Crippen LogP contribution in [-0.4, -0.2) is 52.9 Å². The van der Waals surface area contributed by atoms with Gasteiger partial charge in [-0.3, -0.25) is 14.4 Å². The van der Waals surface area contributed by atoms with Crippen molar-refractivity contribution in [2.45, 2.75) is 57.7 Å². The zero-order valence-corrected chi connectivity index (χ0v) is 15.7. The predicted molar refractivity (Wildman–Crippen MR) is 99.5 cm³/mol. The molecule has 0 radical (unpaired) electrons. The molecular weight excluding hydrogens is 346 g/mol. The van der Waals surface area contributed by atoms with E-state index in [1.54, 1.807) is 4.90 Å². The molecule has 2 aliphatic rings. The van der Waals surface area contributed by atoms with Crippen molar-refractivity contribution in [3.8, 4) is 0 Å². The minimum Gasteiger partial charge on any atom is -0.347 e. The summed E-state index contributed by atoms with van der Waals surface area (Å²) in [5, 5.41) is 4.10. The third-order valence-electron chi connectivity index (χ3n) is 5.11. The van der Waals surface area contributed by atoms with Gasteiger partial charge in [-0.25, -0.2) is 4.79 Å². The van der Waals surface area contributed by atoms with E-state index < -0.39 is 6.04 Å². The Morgan fingerprint density at radius 2 is 2.00 bits per heavy atom. The molecule has 0 saturated carbocycles. The number of hydroxylamine groups is 2. The summed E-state index contributed by atoms with van der Waals surface area (Å²) in [6.07, 6.45) is 3.55. The SMILES string of the molecule is CCCCC(=O)CNC(=O)[C@@H]1CC[C@@H]2CN1C(=O)N2OCc1ccccc1. The maximum Gasteiger partial charge on any atom is 0.345 e. The Labute approximate surface area is 159 Å². The Hall–Kier alpha value is -2.41. The molecule has 0 aliphatic carbocycles. The number of fused-ring (bicyclic) bond motifs is 2. The molecule has 3 rings (SSSR count). The van der Waals surface area contributed by atoms with Crippen molar-refractivity contribution in [1.29, 1.82) is 0 Å². The van der Waals surface area contributed by atoms with Crippen molar-refractivity contribution >= 4 is 17.7 Å². The molecule has 2 atom stereocenters. The number of ketones is 1. The number of carbonyl (C=O) groups excluding carboxylic acids is 3. The number of rotatable bonds is 9. The lowest BCUT2D eigenvalue weighted by atomic mass is 10.0. The highest BCUT2D eigenvalue weighted by molar-refractivity contribution is 5.91. The van der Waals surface area contributed by atoms with Gasteiger partial charge in [0.05, 0.1) is 12.6 Å². The second-order valence-corrected chi connectivity index (χ2v) is 7.13. The highest BCUT2D eigenvalue weighted by atomic mass is 16.7. The van der Waals surface area contributed by atoms with Crippen molar-refractivity contribution in [3.05, 3.63) is 35.9 Å². The van der Waals surface area contributed by atoms with E-state index in [1.165, 1.54) is 5.06 Å². The Balaban J connectivity index is 1.52. The van der Waals surface area contributed by atoms with Gasteiger partial charge in [0.1, 0.15) is 12.6 Å².